The number of aryl methyl sites for hydroxylation is 1. The van der Waals surface area contributed by atoms with Gasteiger partial charge in [-0.1, -0.05) is 18.2 Å². The van der Waals surface area contributed by atoms with Gasteiger partial charge in [0.05, 0.1) is 13.0 Å². The van der Waals surface area contributed by atoms with E-state index in [4.69, 9.17) is 9.47 Å². The van der Waals surface area contributed by atoms with E-state index < -0.39 is 0 Å². The van der Waals surface area contributed by atoms with Gasteiger partial charge in [-0.3, -0.25) is 9.59 Å². The molecule has 0 aliphatic rings. The normalized spacial score (nSPS) is 10.0. The van der Waals surface area contributed by atoms with E-state index in [0.29, 0.717) is 25.4 Å². The molecule has 0 spiro atoms. The van der Waals surface area contributed by atoms with Crippen molar-refractivity contribution in [2.45, 2.75) is 27.2 Å². The van der Waals surface area contributed by atoms with E-state index in [9.17, 15) is 9.59 Å². The lowest BCUT2D eigenvalue weighted by molar-refractivity contribution is -0.144. The molecule has 0 fully saturated rings. The van der Waals surface area contributed by atoms with E-state index in [2.05, 4.69) is 6.58 Å². The van der Waals surface area contributed by atoms with Crippen LogP contribution in [0.5, 0.6) is 5.75 Å². The van der Waals surface area contributed by atoms with Gasteiger partial charge < -0.3 is 14.4 Å². The van der Waals surface area contributed by atoms with Crippen molar-refractivity contribution in [2.75, 3.05) is 26.3 Å². The van der Waals surface area contributed by atoms with Crippen molar-refractivity contribution in [1.82, 2.24) is 4.90 Å². The van der Waals surface area contributed by atoms with Crippen molar-refractivity contribution in [3.63, 3.8) is 0 Å². The smallest absolute Gasteiger partial charge is 0.307 e. The Morgan fingerprint density at radius 1 is 1.30 bits per heavy atom. The zero-order valence-corrected chi connectivity index (χ0v) is 14.1. The number of hydrogen-bond donors (Lipinski definition) is 0. The highest BCUT2D eigenvalue weighted by Crippen LogP contribution is 2.20. The number of rotatable bonds is 9. The third-order valence-electron chi connectivity index (χ3n) is 3.50. The third-order valence-corrected chi connectivity index (χ3v) is 3.50. The van der Waals surface area contributed by atoms with Gasteiger partial charge in [0, 0.05) is 13.1 Å². The summed E-state index contributed by atoms with van der Waals surface area (Å²) in [4.78, 5) is 25.2. The van der Waals surface area contributed by atoms with Crippen LogP contribution in [0.25, 0.3) is 0 Å². The second-order valence-electron chi connectivity index (χ2n) is 5.17. The average molecular weight is 319 g/mol. The maximum atomic E-state index is 12.3. The summed E-state index contributed by atoms with van der Waals surface area (Å²) >= 11 is 0. The van der Waals surface area contributed by atoms with Crippen LogP contribution < -0.4 is 4.74 Å². The van der Waals surface area contributed by atoms with E-state index >= 15 is 0 Å². The summed E-state index contributed by atoms with van der Waals surface area (Å²) in [5.74, 6) is 0.196. The molecule has 0 unspecified atom stereocenters. The van der Waals surface area contributed by atoms with Gasteiger partial charge in [-0.15, -0.1) is 6.58 Å². The lowest BCUT2D eigenvalue weighted by Gasteiger charge is -2.21. The van der Waals surface area contributed by atoms with Crippen molar-refractivity contribution >= 4 is 11.9 Å². The van der Waals surface area contributed by atoms with Gasteiger partial charge in [0.2, 0.25) is 0 Å². The minimum absolute atomic E-state index is 0.0685. The number of ether oxygens (including phenoxy) is 2. The number of nitrogens with zero attached hydrogens (tertiary/aromatic N) is 1. The van der Waals surface area contributed by atoms with Crippen molar-refractivity contribution in [1.29, 1.82) is 0 Å². The van der Waals surface area contributed by atoms with Crippen LogP contribution in [0, 0.1) is 13.8 Å². The SMILES string of the molecule is C=CCN(CCC(=O)OCC)C(=O)COc1cccc(C)c1C. The summed E-state index contributed by atoms with van der Waals surface area (Å²) in [5.41, 5.74) is 2.13. The first kappa shape index (κ1) is 18.7. The summed E-state index contributed by atoms with van der Waals surface area (Å²) in [6.07, 6.45) is 1.79. The van der Waals surface area contributed by atoms with Gasteiger partial charge >= 0.3 is 5.97 Å². The molecule has 0 aromatic heterocycles. The lowest BCUT2D eigenvalue weighted by Crippen LogP contribution is -2.36. The van der Waals surface area contributed by atoms with Crippen LogP contribution in [0.15, 0.2) is 30.9 Å². The molecular weight excluding hydrogens is 294 g/mol. The van der Waals surface area contributed by atoms with Crippen LogP contribution in [-0.4, -0.2) is 43.1 Å². The number of hydrogen-bond acceptors (Lipinski definition) is 4. The fraction of sp³-hybridized carbons (Fsp3) is 0.444. The zero-order chi connectivity index (χ0) is 17.2. The molecule has 5 nitrogen and oxygen atoms in total. The molecule has 1 aromatic rings. The number of carbonyl (C=O) groups is 2. The number of esters is 1. The molecule has 1 rings (SSSR count). The maximum Gasteiger partial charge on any atom is 0.307 e. The van der Waals surface area contributed by atoms with Crippen LogP contribution >= 0.6 is 0 Å². The van der Waals surface area contributed by atoms with Crippen molar-refractivity contribution in [3.05, 3.63) is 42.0 Å². The fourth-order valence-corrected chi connectivity index (χ4v) is 2.04. The highest BCUT2D eigenvalue weighted by molar-refractivity contribution is 5.79. The first-order chi connectivity index (χ1) is 11.0. The molecule has 0 aliphatic heterocycles. The molecule has 0 N–H and O–H groups in total. The highest BCUT2D eigenvalue weighted by atomic mass is 16.5. The molecule has 0 saturated heterocycles. The Hall–Kier alpha value is -2.30. The van der Waals surface area contributed by atoms with Crippen LogP contribution in [-0.2, 0) is 14.3 Å². The summed E-state index contributed by atoms with van der Waals surface area (Å²) < 4.78 is 10.5. The van der Waals surface area contributed by atoms with Gasteiger partial charge in [-0.25, -0.2) is 0 Å². The van der Waals surface area contributed by atoms with E-state index in [1.807, 2.05) is 32.0 Å². The third kappa shape index (κ3) is 6.14. The van der Waals surface area contributed by atoms with E-state index in [1.54, 1.807) is 13.0 Å². The molecule has 0 bridgehead atoms. The van der Waals surface area contributed by atoms with Crippen LogP contribution in [0.4, 0.5) is 0 Å². The first-order valence-electron chi connectivity index (χ1n) is 7.72. The maximum absolute atomic E-state index is 12.3. The molecule has 0 heterocycles. The first-order valence-corrected chi connectivity index (χ1v) is 7.72. The second-order valence-corrected chi connectivity index (χ2v) is 5.17. The van der Waals surface area contributed by atoms with Crippen LogP contribution in [0.3, 0.4) is 0 Å². The molecule has 23 heavy (non-hydrogen) atoms. The summed E-state index contributed by atoms with van der Waals surface area (Å²) in [5, 5.41) is 0. The van der Waals surface area contributed by atoms with E-state index in [1.165, 1.54) is 4.90 Å². The summed E-state index contributed by atoms with van der Waals surface area (Å²) in [7, 11) is 0. The van der Waals surface area contributed by atoms with Crippen molar-refractivity contribution < 1.29 is 19.1 Å². The Morgan fingerprint density at radius 3 is 2.70 bits per heavy atom. The van der Waals surface area contributed by atoms with E-state index in [-0.39, 0.29) is 24.9 Å². The van der Waals surface area contributed by atoms with E-state index in [0.717, 1.165) is 11.1 Å². The molecule has 1 amide bonds. The van der Waals surface area contributed by atoms with Gasteiger partial charge in [-0.05, 0) is 38.0 Å². The number of amides is 1. The Kier molecular flexibility index (Phi) is 7.88. The quantitative estimate of drug-likeness (QED) is 0.519. The van der Waals surface area contributed by atoms with Crippen molar-refractivity contribution in [2.24, 2.45) is 0 Å². The van der Waals surface area contributed by atoms with Crippen molar-refractivity contribution in [3.8, 4) is 5.75 Å². The largest absolute Gasteiger partial charge is 0.483 e. The van der Waals surface area contributed by atoms with Gasteiger partial charge in [-0.2, -0.15) is 0 Å². The fourth-order valence-electron chi connectivity index (χ4n) is 2.04. The van der Waals surface area contributed by atoms with Gasteiger partial charge in [0.1, 0.15) is 5.75 Å². The lowest BCUT2D eigenvalue weighted by atomic mass is 10.1. The molecule has 126 valence electrons. The molecule has 0 aliphatic carbocycles. The minimum Gasteiger partial charge on any atom is -0.483 e. The molecular formula is C18H25NO4. The highest BCUT2D eigenvalue weighted by Gasteiger charge is 2.15. The van der Waals surface area contributed by atoms with Crippen LogP contribution in [0.2, 0.25) is 0 Å². The van der Waals surface area contributed by atoms with Gasteiger partial charge in [0.25, 0.3) is 5.91 Å². The molecule has 1 aromatic carbocycles. The Balaban J connectivity index is 2.58. The minimum atomic E-state index is -0.315. The molecule has 0 saturated carbocycles. The Morgan fingerprint density at radius 2 is 2.04 bits per heavy atom. The van der Waals surface area contributed by atoms with Crippen LogP contribution in [0.1, 0.15) is 24.5 Å². The van der Waals surface area contributed by atoms with Gasteiger partial charge in [0.15, 0.2) is 6.61 Å². The Bertz CT molecular complexity index is 554. The number of carbonyl (C=O) groups excluding carboxylic acids is 2. The Labute approximate surface area is 137 Å². The zero-order valence-electron chi connectivity index (χ0n) is 14.1. The molecule has 0 atom stereocenters. The molecule has 0 radical (unpaired) electrons. The predicted octanol–water partition coefficient (Wildman–Crippen LogP) is 2.65. The second kappa shape index (κ2) is 9.66. The summed E-state index contributed by atoms with van der Waals surface area (Å²) in [6.45, 7) is 10.3. The standard InChI is InChI=1S/C18H25NO4/c1-5-11-19(12-10-18(21)22-6-2)17(20)13-23-16-9-7-8-14(3)15(16)4/h5,7-9H,1,6,10-13H2,2-4H3. The summed E-state index contributed by atoms with van der Waals surface area (Å²) in [6, 6.07) is 5.73. The average Bonchev–Trinajstić information content (AvgIpc) is 2.52. The number of benzene rings is 1. The predicted molar refractivity (Wildman–Crippen MR) is 89.4 cm³/mol. The monoisotopic (exact) mass is 319 g/mol. The topological polar surface area (TPSA) is 55.8 Å². The molecule has 5 heteroatoms.